The van der Waals surface area contributed by atoms with Crippen LogP contribution in [0.3, 0.4) is 0 Å². The van der Waals surface area contributed by atoms with Crippen molar-refractivity contribution in [3.05, 3.63) is 53.3 Å². The number of benzene rings is 1. The number of carbonyl (C=O) groups is 3. The van der Waals surface area contributed by atoms with Crippen molar-refractivity contribution in [3.63, 3.8) is 0 Å². The van der Waals surface area contributed by atoms with Crippen molar-refractivity contribution in [2.45, 2.75) is 43.4 Å². The number of carboxylic acid groups (broad SMARTS) is 1. The molecule has 1 aromatic carbocycles. The number of aromatic hydroxyl groups is 1. The van der Waals surface area contributed by atoms with Crippen molar-refractivity contribution < 1.29 is 73.4 Å². The summed E-state index contributed by atoms with van der Waals surface area (Å²) in [7, 11) is 2.47. The summed E-state index contributed by atoms with van der Waals surface area (Å²) in [5.74, 6) is -4.11. The minimum atomic E-state index is -1.81. The van der Waals surface area contributed by atoms with Gasteiger partial charge < -0.3 is 59.1 Å². The number of aliphatic carboxylic acids is 1. The minimum absolute atomic E-state index is 0.0164. The van der Waals surface area contributed by atoms with Gasteiger partial charge in [0.15, 0.2) is 17.8 Å². The van der Waals surface area contributed by atoms with E-state index in [0.29, 0.717) is 5.56 Å². The first kappa shape index (κ1) is 32.5. The second-order valence-electron chi connectivity index (χ2n) is 9.11. The zero-order valence-corrected chi connectivity index (χ0v) is 22.6. The molecule has 0 saturated carbocycles. The summed E-state index contributed by atoms with van der Waals surface area (Å²) >= 11 is 0. The molecule has 0 spiro atoms. The Hall–Kier alpha value is -3.99. The van der Waals surface area contributed by atoms with Crippen LogP contribution in [-0.2, 0) is 38.1 Å². The summed E-state index contributed by atoms with van der Waals surface area (Å²) in [6, 6.07) is 4.39. The molecule has 0 radical (unpaired) electrons. The fraction of sp³-hybridized carbons (Fsp3) is 0.444. The Labute approximate surface area is 239 Å². The number of rotatable bonds is 11. The van der Waals surface area contributed by atoms with E-state index in [1.54, 1.807) is 0 Å². The van der Waals surface area contributed by atoms with E-state index in [9.17, 15) is 45.0 Å². The van der Waals surface area contributed by atoms with Crippen LogP contribution in [0.4, 0.5) is 0 Å². The molecule has 0 amide bonds. The molecular weight excluding hydrogens is 564 g/mol. The molecule has 1 fully saturated rings. The third-order valence-corrected chi connectivity index (χ3v) is 6.48. The Balaban J connectivity index is 1.84. The fourth-order valence-corrected chi connectivity index (χ4v) is 4.20. The van der Waals surface area contributed by atoms with Crippen LogP contribution in [0.25, 0.3) is 6.08 Å². The molecule has 0 bridgehead atoms. The van der Waals surface area contributed by atoms with Crippen LogP contribution in [0.2, 0.25) is 0 Å². The summed E-state index contributed by atoms with van der Waals surface area (Å²) in [5, 5.41) is 59.4. The molecular formula is C27H32O15. The molecule has 1 aromatic rings. The van der Waals surface area contributed by atoms with E-state index in [-0.39, 0.29) is 22.6 Å². The Bertz CT molecular complexity index is 1220. The van der Waals surface area contributed by atoms with Crippen LogP contribution in [-0.4, -0.2) is 113 Å². The second kappa shape index (κ2) is 14.8. The van der Waals surface area contributed by atoms with Crippen LogP contribution < -0.4 is 4.74 Å². The molecule has 42 heavy (non-hydrogen) atoms. The second-order valence-corrected chi connectivity index (χ2v) is 9.11. The average Bonchev–Trinajstić information content (AvgIpc) is 2.97. The van der Waals surface area contributed by atoms with Crippen LogP contribution in [0.5, 0.6) is 11.5 Å². The van der Waals surface area contributed by atoms with Gasteiger partial charge in [-0.1, -0.05) is 6.07 Å². The number of aliphatic hydroxyl groups excluding tert-OH is 4. The number of hydrogen-bond acceptors (Lipinski definition) is 14. The normalized spacial score (nSPS) is 28.6. The highest BCUT2D eigenvalue weighted by atomic mass is 16.8. The predicted molar refractivity (Wildman–Crippen MR) is 138 cm³/mol. The van der Waals surface area contributed by atoms with Crippen molar-refractivity contribution in [3.8, 4) is 11.5 Å². The molecule has 15 nitrogen and oxygen atoms in total. The maximum atomic E-state index is 12.3. The topological polar surface area (TPSA) is 228 Å². The molecule has 1 saturated heterocycles. The minimum Gasteiger partial charge on any atom is -0.504 e. The van der Waals surface area contributed by atoms with Gasteiger partial charge >= 0.3 is 17.9 Å². The number of carboxylic acids is 1. The number of methoxy groups -OCH3 is 2. The van der Waals surface area contributed by atoms with Gasteiger partial charge in [-0.25, -0.2) is 9.59 Å². The van der Waals surface area contributed by atoms with Gasteiger partial charge in [0, 0.05) is 17.6 Å². The number of esters is 2. The van der Waals surface area contributed by atoms with E-state index >= 15 is 0 Å². The molecule has 15 heteroatoms. The lowest BCUT2D eigenvalue weighted by atomic mass is 9.86. The van der Waals surface area contributed by atoms with Crippen LogP contribution in [0.15, 0.2) is 47.8 Å². The molecule has 2 aliphatic rings. The molecule has 3 rings (SSSR count). The van der Waals surface area contributed by atoms with Gasteiger partial charge in [0.25, 0.3) is 0 Å². The first-order valence-corrected chi connectivity index (χ1v) is 12.5. The number of phenolic OH excluding ortho intramolecular Hbond substituents is 1. The first-order chi connectivity index (χ1) is 20.0. The van der Waals surface area contributed by atoms with Gasteiger partial charge in [-0.3, -0.25) is 4.79 Å². The van der Waals surface area contributed by atoms with Crippen LogP contribution >= 0.6 is 0 Å². The van der Waals surface area contributed by atoms with Gasteiger partial charge in [0.1, 0.15) is 31.0 Å². The third-order valence-electron chi connectivity index (χ3n) is 6.48. The maximum Gasteiger partial charge on any atom is 0.335 e. The van der Waals surface area contributed by atoms with Crippen LogP contribution in [0.1, 0.15) is 12.0 Å². The van der Waals surface area contributed by atoms with Gasteiger partial charge in [0.05, 0.1) is 39.1 Å². The van der Waals surface area contributed by atoms with Gasteiger partial charge in [0.2, 0.25) is 6.29 Å². The number of aliphatic hydroxyl groups is 4. The van der Waals surface area contributed by atoms with Gasteiger partial charge in [-0.15, -0.1) is 0 Å². The van der Waals surface area contributed by atoms with Crippen molar-refractivity contribution in [2.75, 3.05) is 27.4 Å². The van der Waals surface area contributed by atoms with Crippen LogP contribution in [0, 0.1) is 5.92 Å². The van der Waals surface area contributed by atoms with Crippen molar-refractivity contribution >= 4 is 24.0 Å². The summed E-state index contributed by atoms with van der Waals surface area (Å²) < 4.78 is 31.3. The molecule has 7 atom stereocenters. The summed E-state index contributed by atoms with van der Waals surface area (Å²) in [4.78, 5) is 36.4. The lowest BCUT2D eigenvalue weighted by Crippen LogP contribution is -2.60. The van der Waals surface area contributed by atoms with E-state index in [4.69, 9.17) is 23.7 Å². The summed E-state index contributed by atoms with van der Waals surface area (Å²) in [6.45, 7) is -1.17. The number of ether oxygens (including phenoxy) is 6. The largest absolute Gasteiger partial charge is 0.504 e. The van der Waals surface area contributed by atoms with Crippen molar-refractivity contribution in [1.29, 1.82) is 0 Å². The first-order valence-electron chi connectivity index (χ1n) is 12.5. The Morgan fingerprint density at radius 2 is 1.81 bits per heavy atom. The summed E-state index contributed by atoms with van der Waals surface area (Å²) in [5.41, 5.74) is 0.146. The Morgan fingerprint density at radius 1 is 1.07 bits per heavy atom. The fourth-order valence-electron chi connectivity index (χ4n) is 4.20. The van der Waals surface area contributed by atoms with E-state index in [1.165, 1.54) is 37.5 Å². The third kappa shape index (κ3) is 7.84. The van der Waals surface area contributed by atoms with Gasteiger partial charge in [-0.2, -0.15) is 0 Å². The summed E-state index contributed by atoms with van der Waals surface area (Å²) in [6.07, 6.45) is -5.63. The monoisotopic (exact) mass is 596 g/mol. The highest BCUT2D eigenvalue weighted by molar-refractivity contribution is 5.89. The zero-order valence-electron chi connectivity index (χ0n) is 22.6. The smallest absolute Gasteiger partial charge is 0.335 e. The standard InChI is InChI=1S/C27H32O15/c1-37-18-9-13(3-5-17(18)29)4-6-20(30)39-8-7-14-15(10-21(31)38-2)16(25(35)36)12-40-26(14)42-27-24(34)23(33)22(32)19(11-28)41-27/h3-7,9,12,15,19,22-24,26-29,32-34H,8,10-11H2,1-2H3,(H,35,36)/t15-,19+,22+,23-,24+,26-,27-/m0/s1. The lowest BCUT2D eigenvalue weighted by Gasteiger charge is -2.41. The van der Waals surface area contributed by atoms with Gasteiger partial charge in [-0.05, 0) is 29.8 Å². The SMILES string of the molecule is COC(=O)C[C@@H]1C(C(=O)O)=CO[C@@H](O[C@@H]2O[C@H](CO)[C@@H](O)[C@H](O)[C@H]2O)C1=CCOC(=O)C=Cc1ccc(O)c(OC)c1. The molecule has 2 heterocycles. The zero-order chi connectivity index (χ0) is 31.0. The predicted octanol–water partition coefficient (Wildman–Crippen LogP) is -0.796. The quantitative estimate of drug-likeness (QED) is 0.104. The lowest BCUT2D eigenvalue weighted by molar-refractivity contribution is -0.327. The average molecular weight is 597 g/mol. The Morgan fingerprint density at radius 3 is 2.45 bits per heavy atom. The van der Waals surface area contributed by atoms with E-state index in [1.807, 2.05) is 0 Å². The molecule has 230 valence electrons. The molecule has 0 aromatic heterocycles. The molecule has 0 aliphatic carbocycles. The van der Waals surface area contributed by atoms with Crippen molar-refractivity contribution in [2.24, 2.45) is 5.92 Å². The van der Waals surface area contributed by atoms with E-state index < -0.39 is 80.5 Å². The number of phenols is 1. The molecule has 6 N–H and O–H groups in total. The van der Waals surface area contributed by atoms with E-state index in [0.717, 1.165) is 19.4 Å². The maximum absolute atomic E-state index is 12.3. The Kier molecular flexibility index (Phi) is 11.4. The van der Waals surface area contributed by atoms with E-state index in [2.05, 4.69) is 4.74 Å². The molecule has 2 aliphatic heterocycles. The molecule has 0 unspecified atom stereocenters. The van der Waals surface area contributed by atoms with Crippen molar-refractivity contribution in [1.82, 2.24) is 0 Å². The highest BCUT2D eigenvalue weighted by Crippen LogP contribution is 2.36. The highest BCUT2D eigenvalue weighted by Gasteiger charge is 2.46. The number of carbonyl (C=O) groups excluding carboxylic acids is 2. The number of hydrogen-bond donors (Lipinski definition) is 6.